The number of non-ortho nitro benzene ring substituents is 1. The molecule has 188 valence electrons. The summed E-state index contributed by atoms with van der Waals surface area (Å²) in [6.07, 6.45) is 6.17. The first-order chi connectivity index (χ1) is 18.0. The zero-order valence-electron chi connectivity index (χ0n) is 20.6. The molecule has 1 fully saturated rings. The van der Waals surface area contributed by atoms with E-state index in [0.29, 0.717) is 30.2 Å². The van der Waals surface area contributed by atoms with Crippen molar-refractivity contribution in [2.24, 2.45) is 7.05 Å². The molecule has 37 heavy (non-hydrogen) atoms. The largest absolute Gasteiger partial charge is 0.349 e. The molecule has 9 heteroatoms. The number of rotatable bonds is 7. The number of aryl methyl sites for hydroxylation is 1. The second-order valence-electron chi connectivity index (χ2n) is 9.01. The lowest BCUT2D eigenvalue weighted by molar-refractivity contribution is -0.384. The fourth-order valence-corrected chi connectivity index (χ4v) is 4.52. The molecule has 4 aromatic rings. The average Bonchev–Trinajstić information content (AvgIpc) is 3.56. The minimum atomic E-state index is -0.446. The van der Waals surface area contributed by atoms with Gasteiger partial charge in [-0.3, -0.25) is 19.8 Å². The Hall–Kier alpha value is -4.50. The summed E-state index contributed by atoms with van der Waals surface area (Å²) in [5.74, 6) is -0.140. The molecule has 1 saturated heterocycles. The number of benzene rings is 2. The topological polar surface area (TPSA) is 89.4 Å². The van der Waals surface area contributed by atoms with Crippen molar-refractivity contribution < 1.29 is 9.72 Å². The van der Waals surface area contributed by atoms with Crippen molar-refractivity contribution in [3.05, 3.63) is 106 Å². The molecule has 0 unspecified atom stereocenters. The summed E-state index contributed by atoms with van der Waals surface area (Å²) < 4.78 is 3.45. The molecule has 1 amide bonds. The standard InChI is InChI=1S/C28H28N6O3/c1-30-14-7-13-26(30)25-21-27(33(29-25)23-11-5-12-24(20-23)34(36)37)28(35)32-18-16-31(17-19-32)15-6-10-22-8-3-2-4-9-22/h2-14,20-21H,15-19H2,1H3/b10-6+. The molecule has 5 rings (SSSR count). The van der Waals surface area contributed by atoms with Gasteiger partial charge in [0, 0.05) is 58.1 Å². The lowest BCUT2D eigenvalue weighted by Gasteiger charge is -2.34. The number of nitro benzene ring substituents is 1. The molecule has 1 aliphatic rings. The second-order valence-corrected chi connectivity index (χ2v) is 9.01. The Balaban J connectivity index is 1.35. The van der Waals surface area contributed by atoms with Crippen LogP contribution in [0, 0.1) is 10.1 Å². The van der Waals surface area contributed by atoms with Gasteiger partial charge in [-0.2, -0.15) is 5.10 Å². The molecule has 0 saturated carbocycles. The van der Waals surface area contributed by atoms with E-state index in [9.17, 15) is 14.9 Å². The molecular weight excluding hydrogens is 468 g/mol. The first-order valence-corrected chi connectivity index (χ1v) is 12.2. The number of carbonyl (C=O) groups is 1. The molecule has 2 aromatic heterocycles. The molecule has 0 aliphatic carbocycles. The Morgan fingerprint density at radius 3 is 2.49 bits per heavy atom. The minimum Gasteiger partial charge on any atom is -0.349 e. The molecular formula is C28H28N6O3. The van der Waals surface area contributed by atoms with Gasteiger partial charge >= 0.3 is 0 Å². The zero-order chi connectivity index (χ0) is 25.8. The van der Waals surface area contributed by atoms with Gasteiger partial charge in [0.25, 0.3) is 11.6 Å². The summed E-state index contributed by atoms with van der Waals surface area (Å²) in [5.41, 5.74) is 3.46. The van der Waals surface area contributed by atoms with E-state index >= 15 is 0 Å². The number of aromatic nitrogens is 3. The highest BCUT2D eigenvalue weighted by Crippen LogP contribution is 2.25. The third-order valence-corrected chi connectivity index (χ3v) is 6.55. The van der Waals surface area contributed by atoms with Crippen molar-refractivity contribution in [1.82, 2.24) is 24.1 Å². The highest BCUT2D eigenvalue weighted by Gasteiger charge is 2.26. The van der Waals surface area contributed by atoms with Crippen molar-refractivity contribution in [2.45, 2.75) is 0 Å². The van der Waals surface area contributed by atoms with Crippen LogP contribution in [-0.4, -0.2) is 67.7 Å². The van der Waals surface area contributed by atoms with E-state index in [-0.39, 0.29) is 11.6 Å². The number of nitro groups is 1. The molecule has 0 bridgehead atoms. The van der Waals surface area contributed by atoms with Crippen molar-refractivity contribution in [2.75, 3.05) is 32.7 Å². The average molecular weight is 497 g/mol. The summed E-state index contributed by atoms with van der Waals surface area (Å²) >= 11 is 0. The van der Waals surface area contributed by atoms with E-state index in [2.05, 4.69) is 29.2 Å². The Morgan fingerprint density at radius 1 is 1.00 bits per heavy atom. The van der Waals surface area contributed by atoms with Crippen LogP contribution in [0.2, 0.25) is 0 Å². The Labute approximate surface area is 215 Å². The molecule has 1 aliphatic heterocycles. The second kappa shape index (κ2) is 10.6. The molecule has 9 nitrogen and oxygen atoms in total. The van der Waals surface area contributed by atoms with E-state index in [1.807, 2.05) is 53.0 Å². The van der Waals surface area contributed by atoms with Crippen molar-refractivity contribution >= 4 is 17.7 Å². The van der Waals surface area contributed by atoms with Crippen molar-refractivity contribution in [1.29, 1.82) is 0 Å². The van der Waals surface area contributed by atoms with Crippen LogP contribution >= 0.6 is 0 Å². The van der Waals surface area contributed by atoms with Crippen LogP contribution in [0.15, 0.2) is 85.1 Å². The Morgan fingerprint density at radius 2 is 1.78 bits per heavy atom. The van der Waals surface area contributed by atoms with E-state index in [1.165, 1.54) is 22.4 Å². The number of piperazine rings is 1. The molecule has 3 heterocycles. The molecule has 0 atom stereocenters. The summed E-state index contributed by atoms with van der Waals surface area (Å²) in [6, 6.07) is 22.0. The highest BCUT2D eigenvalue weighted by molar-refractivity contribution is 5.94. The summed E-state index contributed by atoms with van der Waals surface area (Å²) in [5, 5.41) is 16.1. The van der Waals surface area contributed by atoms with Crippen LogP contribution in [-0.2, 0) is 7.05 Å². The van der Waals surface area contributed by atoms with Gasteiger partial charge in [-0.1, -0.05) is 48.6 Å². The Bertz CT molecular complexity index is 1430. The van der Waals surface area contributed by atoms with Gasteiger partial charge in [0.1, 0.15) is 11.4 Å². The van der Waals surface area contributed by atoms with E-state index in [1.54, 1.807) is 18.2 Å². The quantitative estimate of drug-likeness (QED) is 0.282. The van der Waals surface area contributed by atoms with Gasteiger partial charge in [0.05, 0.1) is 16.3 Å². The summed E-state index contributed by atoms with van der Waals surface area (Å²) in [7, 11) is 1.91. The van der Waals surface area contributed by atoms with Crippen LogP contribution in [0.3, 0.4) is 0 Å². The first-order valence-electron chi connectivity index (χ1n) is 12.2. The van der Waals surface area contributed by atoms with Crippen LogP contribution in [0.1, 0.15) is 16.1 Å². The Kier molecular flexibility index (Phi) is 6.96. The van der Waals surface area contributed by atoms with Gasteiger partial charge in [0.15, 0.2) is 0 Å². The molecule has 0 spiro atoms. The number of hydrogen-bond donors (Lipinski definition) is 0. The highest BCUT2D eigenvalue weighted by atomic mass is 16.6. The van der Waals surface area contributed by atoms with Crippen molar-refractivity contribution in [3.8, 4) is 17.1 Å². The third-order valence-electron chi connectivity index (χ3n) is 6.55. The van der Waals surface area contributed by atoms with E-state index < -0.39 is 4.92 Å². The smallest absolute Gasteiger partial charge is 0.272 e. The van der Waals surface area contributed by atoms with Crippen LogP contribution in [0.25, 0.3) is 23.2 Å². The lowest BCUT2D eigenvalue weighted by atomic mass is 10.2. The van der Waals surface area contributed by atoms with Gasteiger partial charge in [-0.05, 0) is 29.8 Å². The number of nitrogens with zero attached hydrogens (tertiary/aromatic N) is 6. The van der Waals surface area contributed by atoms with Crippen molar-refractivity contribution in [3.63, 3.8) is 0 Å². The summed E-state index contributed by atoms with van der Waals surface area (Å²) in [4.78, 5) is 28.7. The maximum Gasteiger partial charge on any atom is 0.272 e. The predicted molar refractivity (Wildman–Crippen MR) is 142 cm³/mol. The van der Waals surface area contributed by atoms with Crippen LogP contribution < -0.4 is 0 Å². The number of amides is 1. The predicted octanol–water partition coefficient (Wildman–Crippen LogP) is 4.26. The van der Waals surface area contributed by atoms with Gasteiger partial charge in [-0.25, -0.2) is 4.68 Å². The van der Waals surface area contributed by atoms with Gasteiger partial charge < -0.3 is 9.47 Å². The molecule has 2 aromatic carbocycles. The van der Waals surface area contributed by atoms with Gasteiger partial charge in [0.2, 0.25) is 0 Å². The SMILES string of the molecule is Cn1cccc1-c1cc(C(=O)N2CCN(C/C=C/c3ccccc3)CC2)n(-c2cccc([N+](=O)[O-])c2)n1. The first kappa shape index (κ1) is 24.2. The lowest BCUT2D eigenvalue weighted by Crippen LogP contribution is -2.49. The molecule has 0 N–H and O–H groups in total. The van der Waals surface area contributed by atoms with Gasteiger partial charge in [-0.15, -0.1) is 0 Å². The van der Waals surface area contributed by atoms with E-state index in [0.717, 1.165) is 25.3 Å². The monoisotopic (exact) mass is 496 g/mol. The number of carbonyl (C=O) groups excluding carboxylic acids is 1. The van der Waals surface area contributed by atoms with Crippen LogP contribution in [0.5, 0.6) is 0 Å². The molecule has 0 radical (unpaired) electrons. The maximum atomic E-state index is 13.7. The fraction of sp³-hybridized carbons (Fsp3) is 0.214. The number of hydrogen-bond acceptors (Lipinski definition) is 5. The van der Waals surface area contributed by atoms with Crippen LogP contribution in [0.4, 0.5) is 5.69 Å². The zero-order valence-corrected chi connectivity index (χ0v) is 20.6. The maximum absolute atomic E-state index is 13.7. The normalized spacial score (nSPS) is 14.4. The van der Waals surface area contributed by atoms with E-state index in [4.69, 9.17) is 5.10 Å². The minimum absolute atomic E-state index is 0.0519. The fourth-order valence-electron chi connectivity index (χ4n) is 4.52. The third kappa shape index (κ3) is 5.36. The summed E-state index contributed by atoms with van der Waals surface area (Å²) in [6.45, 7) is 3.54.